The molecule has 5 heteroatoms. The van der Waals surface area contributed by atoms with Crippen LogP contribution >= 0.6 is 0 Å². The molecule has 5 nitrogen and oxygen atoms in total. The molecule has 2 N–H and O–H groups in total. The normalized spacial score (nSPS) is 25.6. The summed E-state index contributed by atoms with van der Waals surface area (Å²) in [6.45, 7) is 0.351. The van der Waals surface area contributed by atoms with Gasteiger partial charge < -0.3 is 15.1 Å². The van der Waals surface area contributed by atoms with E-state index in [2.05, 4.69) is 4.98 Å². The van der Waals surface area contributed by atoms with Crippen LogP contribution in [0.25, 0.3) is 0 Å². The standard InChI is InChI=1S/C10H12N2O3/c13-8-5-12(6-9(8)14)10(15)7-2-1-3-11-4-7/h1-4,8-9,13-14H,5-6H2. The number of amides is 1. The molecule has 1 aliphatic heterocycles. The third-order valence-electron chi connectivity index (χ3n) is 2.45. The van der Waals surface area contributed by atoms with Crippen LogP contribution in [-0.4, -0.2) is 51.3 Å². The first-order chi connectivity index (χ1) is 7.18. The Morgan fingerprint density at radius 2 is 2.07 bits per heavy atom. The van der Waals surface area contributed by atoms with E-state index in [1.165, 1.54) is 11.1 Å². The lowest BCUT2D eigenvalue weighted by molar-refractivity contribution is 0.0572. The van der Waals surface area contributed by atoms with Crippen molar-refractivity contribution in [2.45, 2.75) is 12.2 Å². The van der Waals surface area contributed by atoms with Crippen molar-refractivity contribution < 1.29 is 15.0 Å². The predicted octanol–water partition coefficient (Wildman–Crippen LogP) is -0.741. The van der Waals surface area contributed by atoms with Crippen LogP contribution in [0.2, 0.25) is 0 Å². The van der Waals surface area contributed by atoms with Gasteiger partial charge in [-0.15, -0.1) is 0 Å². The lowest BCUT2D eigenvalue weighted by Crippen LogP contribution is -2.29. The van der Waals surface area contributed by atoms with Gasteiger partial charge in [-0.3, -0.25) is 9.78 Å². The van der Waals surface area contributed by atoms with Crippen molar-refractivity contribution in [1.82, 2.24) is 9.88 Å². The minimum absolute atomic E-state index is 0.175. The maximum absolute atomic E-state index is 11.8. The Balaban J connectivity index is 2.10. The maximum Gasteiger partial charge on any atom is 0.255 e. The molecule has 1 amide bonds. The van der Waals surface area contributed by atoms with Crippen molar-refractivity contribution in [3.05, 3.63) is 30.1 Å². The molecule has 1 aromatic rings. The van der Waals surface area contributed by atoms with Gasteiger partial charge >= 0.3 is 0 Å². The SMILES string of the molecule is O=C(c1cccnc1)N1CC(O)C(O)C1. The minimum atomic E-state index is -0.842. The Hall–Kier alpha value is -1.46. The van der Waals surface area contributed by atoms with Crippen LogP contribution < -0.4 is 0 Å². The van der Waals surface area contributed by atoms with Gasteiger partial charge in [-0.25, -0.2) is 0 Å². The molecule has 0 radical (unpaired) electrons. The molecule has 2 atom stereocenters. The molecule has 2 heterocycles. The van der Waals surface area contributed by atoms with Gasteiger partial charge in [0, 0.05) is 25.5 Å². The summed E-state index contributed by atoms with van der Waals surface area (Å²) in [6, 6.07) is 3.34. The number of aliphatic hydroxyl groups excluding tert-OH is 2. The smallest absolute Gasteiger partial charge is 0.255 e. The fourth-order valence-corrected chi connectivity index (χ4v) is 1.61. The molecule has 1 saturated heterocycles. The van der Waals surface area contributed by atoms with Gasteiger partial charge in [-0.05, 0) is 12.1 Å². The van der Waals surface area contributed by atoms with Crippen LogP contribution in [-0.2, 0) is 0 Å². The molecule has 0 aromatic carbocycles. The van der Waals surface area contributed by atoms with Crippen LogP contribution in [0.4, 0.5) is 0 Å². The van der Waals surface area contributed by atoms with Crippen molar-refractivity contribution in [1.29, 1.82) is 0 Å². The summed E-state index contributed by atoms with van der Waals surface area (Å²) in [4.78, 5) is 17.1. The zero-order chi connectivity index (χ0) is 10.8. The first-order valence-corrected chi connectivity index (χ1v) is 4.74. The monoisotopic (exact) mass is 208 g/mol. The number of carbonyl (C=O) groups excluding carboxylic acids is 1. The van der Waals surface area contributed by atoms with E-state index in [0.29, 0.717) is 5.56 Å². The van der Waals surface area contributed by atoms with Crippen molar-refractivity contribution in [2.75, 3.05) is 13.1 Å². The fraction of sp³-hybridized carbons (Fsp3) is 0.400. The molecule has 0 saturated carbocycles. The van der Waals surface area contributed by atoms with E-state index < -0.39 is 12.2 Å². The lowest BCUT2D eigenvalue weighted by atomic mass is 10.2. The molecule has 2 rings (SSSR count). The van der Waals surface area contributed by atoms with Crippen LogP contribution in [0.1, 0.15) is 10.4 Å². The Kier molecular flexibility index (Phi) is 2.66. The molecular weight excluding hydrogens is 196 g/mol. The fourth-order valence-electron chi connectivity index (χ4n) is 1.61. The van der Waals surface area contributed by atoms with Crippen LogP contribution in [0.5, 0.6) is 0 Å². The van der Waals surface area contributed by atoms with Crippen molar-refractivity contribution in [2.24, 2.45) is 0 Å². The molecule has 80 valence electrons. The van der Waals surface area contributed by atoms with E-state index in [0.717, 1.165) is 0 Å². The highest BCUT2D eigenvalue weighted by atomic mass is 16.3. The molecule has 0 aliphatic carbocycles. The molecule has 15 heavy (non-hydrogen) atoms. The third kappa shape index (κ3) is 1.98. The molecule has 1 fully saturated rings. The highest BCUT2D eigenvalue weighted by Crippen LogP contribution is 2.13. The van der Waals surface area contributed by atoms with E-state index in [1.807, 2.05) is 0 Å². The number of likely N-dealkylation sites (tertiary alicyclic amines) is 1. The Morgan fingerprint density at radius 3 is 2.60 bits per heavy atom. The first-order valence-electron chi connectivity index (χ1n) is 4.74. The highest BCUT2D eigenvalue weighted by molar-refractivity contribution is 5.94. The zero-order valence-corrected chi connectivity index (χ0v) is 8.08. The number of rotatable bonds is 1. The average molecular weight is 208 g/mol. The number of aromatic nitrogens is 1. The molecule has 0 bridgehead atoms. The van der Waals surface area contributed by atoms with Crippen molar-refractivity contribution in [3.8, 4) is 0 Å². The van der Waals surface area contributed by atoms with E-state index in [1.54, 1.807) is 18.3 Å². The Morgan fingerprint density at radius 1 is 1.40 bits per heavy atom. The van der Waals surface area contributed by atoms with E-state index in [4.69, 9.17) is 0 Å². The Labute approximate surface area is 87.0 Å². The topological polar surface area (TPSA) is 73.7 Å². The van der Waals surface area contributed by atoms with Gasteiger partial charge in [0.1, 0.15) is 0 Å². The number of aliphatic hydroxyl groups is 2. The number of nitrogens with zero attached hydrogens (tertiary/aromatic N) is 2. The highest BCUT2D eigenvalue weighted by Gasteiger charge is 2.32. The maximum atomic E-state index is 11.8. The first kappa shape index (κ1) is 10.1. The second kappa shape index (κ2) is 3.96. The quantitative estimate of drug-likeness (QED) is 0.637. The predicted molar refractivity (Wildman–Crippen MR) is 52.2 cm³/mol. The molecular formula is C10H12N2O3. The summed E-state index contributed by atoms with van der Waals surface area (Å²) in [5.74, 6) is -0.210. The summed E-state index contributed by atoms with van der Waals surface area (Å²) < 4.78 is 0. The van der Waals surface area contributed by atoms with Gasteiger partial charge in [0.05, 0.1) is 17.8 Å². The number of hydrogen-bond donors (Lipinski definition) is 2. The largest absolute Gasteiger partial charge is 0.388 e. The van der Waals surface area contributed by atoms with Gasteiger partial charge in [-0.1, -0.05) is 0 Å². The second-order valence-electron chi connectivity index (χ2n) is 3.59. The number of β-amino-alcohol motifs (C(OH)–C–C–N with tert-alkyl or cyclic N) is 2. The van der Waals surface area contributed by atoms with Crippen LogP contribution in [0, 0.1) is 0 Å². The Bertz CT molecular complexity index is 345. The van der Waals surface area contributed by atoms with Gasteiger partial charge in [0.15, 0.2) is 0 Å². The van der Waals surface area contributed by atoms with E-state index >= 15 is 0 Å². The number of pyridine rings is 1. The summed E-state index contributed by atoms with van der Waals surface area (Å²) in [5, 5.41) is 18.6. The van der Waals surface area contributed by atoms with Gasteiger partial charge in [0.25, 0.3) is 5.91 Å². The second-order valence-corrected chi connectivity index (χ2v) is 3.59. The van der Waals surface area contributed by atoms with Gasteiger partial charge in [-0.2, -0.15) is 0 Å². The summed E-state index contributed by atoms with van der Waals surface area (Å²) in [6.07, 6.45) is 1.38. The van der Waals surface area contributed by atoms with E-state index in [9.17, 15) is 15.0 Å². The van der Waals surface area contributed by atoms with Crippen molar-refractivity contribution >= 4 is 5.91 Å². The van der Waals surface area contributed by atoms with Crippen molar-refractivity contribution in [3.63, 3.8) is 0 Å². The number of hydrogen-bond acceptors (Lipinski definition) is 4. The third-order valence-corrected chi connectivity index (χ3v) is 2.45. The van der Waals surface area contributed by atoms with Crippen LogP contribution in [0.15, 0.2) is 24.5 Å². The lowest BCUT2D eigenvalue weighted by Gasteiger charge is -2.14. The molecule has 1 aromatic heterocycles. The minimum Gasteiger partial charge on any atom is -0.388 e. The summed E-state index contributed by atoms with van der Waals surface area (Å²) >= 11 is 0. The zero-order valence-electron chi connectivity index (χ0n) is 8.08. The molecule has 2 unspecified atom stereocenters. The summed E-state index contributed by atoms with van der Waals surface area (Å²) in [5.41, 5.74) is 0.471. The van der Waals surface area contributed by atoms with E-state index in [-0.39, 0.29) is 19.0 Å². The van der Waals surface area contributed by atoms with Crippen LogP contribution in [0.3, 0.4) is 0 Å². The number of carbonyl (C=O) groups is 1. The average Bonchev–Trinajstić information content (AvgIpc) is 2.59. The molecule has 1 aliphatic rings. The van der Waals surface area contributed by atoms with Gasteiger partial charge in [0.2, 0.25) is 0 Å². The summed E-state index contributed by atoms with van der Waals surface area (Å²) in [7, 11) is 0. The molecule has 0 spiro atoms.